The minimum atomic E-state index is -2.98. The SMILES string of the molecule is CCCCOCC(O)CN(CCC[Si](OC)(OC)OC)C(=O)NCCCCCCn1c(=O)oc(=NCCCCCCNC(=O)N(CCC[Si](OC)(OC)OC)CC(O)COC(=O)C(C)(CCC)CCCC)n(CCCCCCNC(=O)N(CCC[Si](OC)(OC)OC)CC(O)COC(=O)C(C)(CCC)CCCC)c1=O. The topological polar surface area (TPSA) is 372 Å². The van der Waals surface area contributed by atoms with E-state index in [-0.39, 0.29) is 95.8 Å². The number of aromatic nitrogens is 2. The average Bonchev–Trinajstić information content (AvgIpc) is 0.806. The van der Waals surface area contributed by atoms with E-state index in [4.69, 9.17) is 58.5 Å². The molecule has 0 saturated carbocycles. The largest absolute Gasteiger partial charge is 0.500 e. The summed E-state index contributed by atoms with van der Waals surface area (Å²) < 4.78 is 75.7. The Bertz CT molecular complexity index is 2800. The number of urea groups is 3. The number of hydrogen-bond acceptors (Lipinski definition) is 24. The number of aliphatic hydroxyl groups excluding tert-OH is 3. The first kappa shape index (κ1) is 103. The minimum absolute atomic E-state index is 0.0626. The lowest BCUT2D eigenvalue weighted by molar-refractivity contribution is -0.160. The zero-order valence-electron chi connectivity index (χ0n) is 70.4. The molecule has 110 heavy (non-hydrogen) atoms. The number of aliphatic hydroxyl groups is 3. The Labute approximate surface area is 660 Å². The number of unbranched alkanes of at least 4 members (excludes halogenated alkanes) is 12. The molecule has 1 rings (SSSR count). The first-order valence-electron chi connectivity index (χ1n) is 40.6. The van der Waals surface area contributed by atoms with Crippen LogP contribution in [0.25, 0.3) is 0 Å². The van der Waals surface area contributed by atoms with E-state index in [2.05, 4.69) is 41.7 Å². The summed E-state index contributed by atoms with van der Waals surface area (Å²) in [6.07, 6.45) is 15.3. The second-order valence-corrected chi connectivity index (χ2v) is 38.3. The van der Waals surface area contributed by atoms with Gasteiger partial charge in [-0.1, -0.05) is 118 Å². The van der Waals surface area contributed by atoms with Gasteiger partial charge in [-0.3, -0.25) is 9.59 Å². The van der Waals surface area contributed by atoms with Crippen LogP contribution in [-0.2, 0) is 76.7 Å². The van der Waals surface area contributed by atoms with Crippen molar-refractivity contribution in [3.05, 3.63) is 26.7 Å². The van der Waals surface area contributed by atoms with Crippen molar-refractivity contribution in [2.45, 2.75) is 271 Å². The number of hydrogen-bond donors (Lipinski definition) is 6. The predicted molar refractivity (Wildman–Crippen MR) is 427 cm³/mol. The van der Waals surface area contributed by atoms with Crippen molar-refractivity contribution >= 4 is 56.4 Å². The van der Waals surface area contributed by atoms with Crippen molar-refractivity contribution in [1.82, 2.24) is 39.8 Å². The van der Waals surface area contributed by atoms with E-state index in [1.54, 1.807) is 4.90 Å². The second kappa shape index (κ2) is 59.9. The highest BCUT2D eigenvalue weighted by atomic mass is 28.4. The van der Waals surface area contributed by atoms with Crippen molar-refractivity contribution in [2.75, 3.05) is 156 Å². The van der Waals surface area contributed by atoms with Crippen LogP contribution in [0.3, 0.4) is 0 Å². The van der Waals surface area contributed by atoms with Gasteiger partial charge >= 0.3 is 73.6 Å². The molecule has 1 aromatic rings. The van der Waals surface area contributed by atoms with Crippen LogP contribution in [0.5, 0.6) is 0 Å². The third-order valence-electron chi connectivity index (χ3n) is 20.1. The van der Waals surface area contributed by atoms with Crippen LogP contribution in [0.1, 0.15) is 222 Å². The summed E-state index contributed by atoms with van der Waals surface area (Å²) in [4.78, 5) is 105. The first-order valence-corrected chi connectivity index (χ1v) is 46.4. The predicted octanol–water partition coefficient (Wildman–Crippen LogP) is 9.00. The van der Waals surface area contributed by atoms with E-state index >= 15 is 0 Å². The van der Waals surface area contributed by atoms with Gasteiger partial charge in [0.25, 0.3) is 0 Å². The van der Waals surface area contributed by atoms with Crippen molar-refractivity contribution in [3.8, 4) is 0 Å². The molecule has 6 N–H and O–H groups in total. The highest BCUT2D eigenvalue weighted by Gasteiger charge is 2.41. The molecule has 0 bridgehead atoms. The summed E-state index contributed by atoms with van der Waals surface area (Å²) in [6, 6.07) is 0.147. The molecule has 0 aliphatic rings. The van der Waals surface area contributed by atoms with E-state index in [1.807, 2.05) is 27.7 Å². The number of amides is 6. The summed E-state index contributed by atoms with van der Waals surface area (Å²) in [5.41, 5.74) is -1.99. The fraction of sp³-hybridized carbons (Fsp3) is 0.893. The van der Waals surface area contributed by atoms with Gasteiger partial charge in [-0.25, -0.2) is 38.1 Å². The quantitative estimate of drug-likeness (QED) is 0.0201. The fourth-order valence-electron chi connectivity index (χ4n) is 13.1. The Morgan fingerprint density at radius 1 is 0.436 bits per heavy atom. The lowest BCUT2D eigenvalue weighted by Gasteiger charge is -2.29. The van der Waals surface area contributed by atoms with E-state index in [0.29, 0.717) is 173 Å². The number of ether oxygens (including phenoxy) is 3. The maximum absolute atomic E-state index is 14.4. The third-order valence-corrected chi connectivity index (χ3v) is 28.6. The molecule has 5 atom stereocenters. The van der Waals surface area contributed by atoms with Crippen LogP contribution in [0, 0.1) is 10.8 Å². The van der Waals surface area contributed by atoms with Gasteiger partial charge in [0.2, 0.25) is 0 Å². The highest BCUT2D eigenvalue weighted by Crippen LogP contribution is 2.33. The molecule has 1 heterocycles. The first-order chi connectivity index (χ1) is 52.7. The van der Waals surface area contributed by atoms with Gasteiger partial charge in [0, 0.05) is 148 Å². The normalized spacial score (nSPS) is 14.2. The average molecular weight is 1630 g/mol. The summed E-state index contributed by atoms with van der Waals surface area (Å²) in [7, 11) is 4.86. The van der Waals surface area contributed by atoms with Gasteiger partial charge in [-0.15, -0.1) is 0 Å². The van der Waals surface area contributed by atoms with Crippen molar-refractivity contribution < 1.29 is 97.8 Å². The molecule has 35 heteroatoms. The van der Waals surface area contributed by atoms with Gasteiger partial charge in [-0.05, 0) is 104 Å². The molecule has 0 radical (unpaired) electrons. The number of carbonyl (C=O) groups excluding carboxylic acids is 5. The van der Waals surface area contributed by atoms with Crippen molar-refractivity contribution in [2.24, 2.45) is 15.8 Å². The number of nitrogens with one attached hydrogen (secondary N) is 3. The number of nitrogens with zero attached hydrogens (tertiary/aromatic N) is 6. The molecule has 644 valence electrons. The summed E-state index contributed by atoms with van der Waals surface area (Å²) in [5, 5.41) is 42.1. The molecule has 0 aliphatic carbocycles. The molecule has 0 fully saturated rings. The monoisotopic (exact) mass is 1630 g/mol. The lowest BCUT2D eigenvalue weighted by Crippen LogP contribution is -2.47. The zero-order chi connectivity index (χ0) is 82.3. The molecule has 32 nitrogen and oxygen atoms in total. The molecule has 1 aromatic heterocycles. The summed E-state index contributed by atoms with van der Waals surface area (Å²) >= 11 is 0. The van der Waals surface area contributed by atoms with E-state index in [9.17, 15) is 48.9 Å². The summed E-state index contributed by atoms with van der Waals surface area (Å²) in [6.45, 7) is 16.3. The Balaban J connectivity index is 3.33. The molecular weight excluding hydrogens is 1480 g/mol. The molecule has 6 amide bonds. The number of esters is 2. The van der Waals surface area contributed by atoms with Crippen LogP contribution < -0.4 is 33.1 Å². The molecular formula is C75H149N9O23Si3. The Kier molecular flexibility index (Phi) is 56.3. The van der Waals surface area contributed by atoms with Crippen LogP contribution >= 0.6 is 0 Å². The third kappa shape index (κ3) is 40.0. The Hall–Kier alpha value is -4.71. The number of rotatable bonds is 69. The smallest absolute Gasteiger partial charge is 0.462 e. The molecule has 0 spiro atoms. The molecule has 0 aliphatic heterocycles. The van der Waals surface area contributed by atoms with Crippen LogP contribution in [0.15, 0.2) is 19.0 Å². The van der Waals surface area contributed by atoms with E-state index < -0.39 is 79.1 Å². The minimum Gasteiger partial charge on any atom is -0.462 e. The van der Waals surface area contributed by atoms with Gasteiger partial charge in [0.05, 0.1) is 43.2 Å². The van der Waals surface area contributed by atoms with Gasteiger partial charge in [-0.2, -0.15) is 0 Å². The van der Waals surface area contributed by atoms with Gasteiger partial charge < -0.3 is 104 Å². The number of carbonyl (C=O) groups is 5. The van der Waals surface area contributed by atoms with Crippen LogP contribution in [-0.4, -0.2) is 270 Å². The lowest BCUT2D eigenvalue weighted by atomic mass is 9.81. The van der Waals surface area contributed by atoms with Crippen LogP contribution in [0.4, 0.5) is 14.4 Å². The maximum atomic E-state index is 14.4. The molecule has 5 unspecified atom stereocenters. The molecule has 0 saturated heterocycles. The highest BCUT2D eigenvalue weighted by molar-refractivity contribution is 6.61. The second-order valence-electron chi connectivity index (χ2n) is 29.0. The standard InChI is InChI=1S/C75H149N9O23Si3/c1-17-22-42-74(6,40-20-4)66(88)105-61-64(86)58-81(49-38-55-109(98-11,99-12)100-13)69(91)76-44-31-25-26-34-47-79-71-83(51-35-29-27-32-45-78-70(92)82(50-39-56-110(101-14,102-15)103-16)59-65(87)62-106-67(89)75(7,41-21-5)43-23-18-2)72(93)84(73(94)107-71)52-36-30-28-33-46-77-68(90)80(57-63(85)60-104-53-24-19-3)48-37-54-108(95-8,96-9)97-10/h63-65,85-87H,17-62H2,1-16H3,(H,76,91)(H,77,90)(H,78,92). The van der Waals surface area contributed by atoms with Crippen molar-refractivity contribution in [1.29, 1.82) is 0 Å². The molecule has 0 aromatic carbocycles. The summed E-state index contributed by atoms with van der Waals surface area (Å²) in [5.74, 6) is -1.56. The fourth-order valence-corrected chi connectivity index (χ4v) is 18.2. The van der Waals surface area contributed by atoms with Gasteiger partial charge in [0.1, 0.15) is 25.4 Å². The van der Waals surface area contributed by atoms with E-state index in [0.717, 1.165) is 55.9 Å². The van der Waals surface area contributed by atoms with Crippen LogP contribution in [0.2, 0.25) is 18.1 Å². The maximum Gasteiger partial charge on any atom is 0.500 e. The van der Waals surface area contributed by atoms with E-state index in [1.165, 1.54) is 78.4 Å². The zero-order valence-corrected chi connectivity index (χ0v) is 73.4. The Morgan fingerprint density at radius 2 is 0.773 bits per heavy atom. The van der Waals surface area contributed by atoms with Gasteiger partial charge in [0.15, 0.2) is 0 Å². The van der Waals surface area contributed by atoms with Crippen molar-refractivity contribution in [3.63, 3.8) is 0 Å². The Morgan fingerprint density at radius 3 is 1.12 bits per heavy atom.